The number of nitrogens with zero attached hydrogens (tertiary/aromatic N) is 1. The Balaban J connectivity index is 2.38. The van der Waals surface area contributed by atoms with E-state index in [9.17, 15) is 0 Å². The summed E-state index contributed by atoms with van der Waals surface area (Å²) in [5, 5.41) is 0. The van der Waals surface area contributed by atoms with Gasteiger partial charge in [-0.1, -0.05) is 32.1 Å². The van der Waals surface area contributed by atoms with Crippen LogP contribution in [0, 0.1) is 0 Å². The van der Waals surface area contributed by atoms with Crippen LogP contribution in [-0.4, -0.2) is 4.37 Å². The molecule has 0 aromatic carbocycles. The Morgan fingerprint density at radius 2 is 2.20 bits per heavy atom. The zero-order valence-corrected chi connectivity index (χ0v) is 10.2. The first-order valence-electron chi connectivity index (χ1n) is 5.60. The second-order valence-electron chi connectivity index (χ2n) is 4.24. The van der Waals surface area contributed by atoms with Crippen LogP contribution >= 0.6 is 11.5 Å². The summed E-state index contributed by atoms with van der Waals surface area (Å²) >= 11 is 1.67. The highest BCUT2D eigenvalue weighted by atomic mass is 32.1. The van der Waals surface area contributed by atoms with E-state index in [2.05, 4.69) is 42.5 Å². The van der Waals surface area contributed by atoms with Gasteiger partial charge in [-0.05, 0) is 48.4 Å². The summed E-state index contributed by atoms with van der Waals surface area (Å²) in [7, 11) is 0. The average Bonchev–Trinajstić information content (AvgIpc) is 2.61. The van der Waals surface area contributed by atoms with Gasteiger partial charge in [0, 0.05) is 4.88 Å². The van der Waals surface area contributed by atoms with Crippen molar-refractivity contribution in [3.8, 4) is 0 Å². The first-order valence-corrected chi connectivity index (χ1v) is 6.38. The lowest BCUT2D eigenvalue weighted by atomic mass is 10.0. The summed E-state index contributed by atoms with van der Waals surface area (Å²) in [5.74, 6) is 0.605. The maximum absolute atomic E-state index is 4.54. The van der Waals surface area contributed by atoms with Gasteiger partial charge >= 0.3 is 0 Å². The number of rotatable bonds is 1. The van der Waals surface area contributed by atoms with Crippen molar-refractivity contribution in [2.75, 3.05) is 0 Å². The molecule has 1 aromatic heterocycles. The number of hydrogen-bond donors (Lipinski definition) is 0. The van der Waals surface area contributed by atoms with Gasteiger partial charge < -0.3 is 0 Å². The van der Waals surface area contributed by atoms with Crippen molar-refractivity contribution < 1.29 is 0 Å². The Bertz CT molecular complexity index is 385. The molecule has 1 heterocycles. The molecule has 15 heavy (non-hydrogen) atoms. The summed E-state index contributed by atoms with van der Waals surface area (Å²) in [6.45, 7) is 4.50. The lowest BCUT2D eigenvalue weighted by Crippen LogP contribution is -1.93. The van der Waals surface area contributed by atoms with Crippen LogP contribution in [0.5, 0.6) is 0 Å². The predicted octanol–water partition coefficient (Wildman–Crippen LogP) is 4.17. The maximum Gasteiger partial charge on any atom is 0.0803 e. The van der Waals surface area contributed by atoms with Crippen LogP contribution < -0.4 is 0 Å². The normalized spacial score (nSPS) is 18.1. The zero-order valence-electron chi connectivity index (χ0n) is 9.36. The molecule has 1 aliphatic carbocycles. The minimum absolute atomic E-state index is 0.605. The van der Waals surface area contributed by atoms with Crippen LogP contribution in [0.15, 0.2) is 18.2 Å². The van der Waals surface area contributed by atoms with Crippen molar-refractivity contribution in [1.29, 1.82) is 0 Å². The summed E-state index contributed by atoms with van der Waals surface area (Å²) in [5.41, 5.74) is 2.67. The molecule has 1 nitrogen and oxygen atoms in total. The van der Waals surface area contributed by atoms with Crippen molar-refractivity contribution in [2.24, 2.45) is 0 Å². The molecule has 0 saturated carbocycles. The highest BCUT2D eigenvalue weighted by Gasteiger charge is 2.14. The van der Waals surface area contributed by atoms with Gasteiger partial charge in [0.15, 0.2) is 0 Å². The number of allylic oxidation sites excluding steroid dienone is 3. The van der Waals surface area contributed by atoms with Crippen LogP contribution in [-0.2, 0) is 6.42 Å². The fourth-order valence-electron chi connectivity index (χ4n) is 1.89. The molecule has 0 unspecified atom stereocenters. The molecule has 2 heteroatoms. The molecule has 80 valence electrons. The molecule has 1 aromatic rings. The average molecular weight is 219 g/mol. The van der Waals surface area contributed by atoms with Crippen molar-refractivity contribution in [3.05, 3.63) is 34.4 Å². The molecule has 0 N–H and O–H groups in total. The van der Waals surface area contributed by atoms with E-state index in [1.54, 1.807) is 11.5 Å². The SMILES string of the molecule is CC(C)c1snc2c1CCC/C=C\C=C2. The Morgan fingerprint density at radius 1 is 1.33 bits per heavy atom. The highest BCUT2D eigenvalue weighted by Crippen LogP contribution is 2.29. The Hall–Kier alpha value is -0.890. The van der Waals surface area contributed by atoms with Crippen LogP contribution in [0.4, 0.5) is 0 Å². The second-order valence-corrected chi connectivity index (χ2v) is 5.05. The van der Waals surface area contributed by atoms with E-state index >= 15 is 0 Å². The van der Waals surface area contributed by atoms with Gasteiger partial charge in [0.2, 0.25) is 0 Å². The Kier molecular flexibility index (Phi) is 3.37. The number of aromatic nitrogens is 1. The third kappa shape index (κ3) is 2.37. The van der Waals surface area contributed by atoms with E-state index < -0.39 is 0 Å². The molecule has 0 fully saturated rings. The number of fused-ring (bicyclic) bond motifs is 1. The summed E-state index contributed by atoms with van der Waals surface area (Å²) in [6.07, 6.45) is 12.2. The van der Waals surface area contributed by atoms with Gasteiger partial charge in [0.25, 0.3) is 0 Å². The number of hydrogen-bond acceptors (Lipinski definition) is 2. The van der Waals surface area contributed by atoms with E-state index in [0.717, 1.165) is 0 Å². The van der Waals surface area contributed by atoms with Gasteiger partial charge in [0.05, 0.1) is 5.69 Å². The summed E-state index contributed by atoms with van der Waals surface area (Å²) < 4.78 is 4.54. The van der Waals surface area contributed by atoms with Crippen LogP contribution in [0.1, 0.15) is 48.7 Å². The fourth-order valence-corrected chi connectivity index (χ4v) is 2.78. The molecule has 0 radical (unpaired) electrons. The van der Waals surface area contributed by atoms with Gasteiger partial charge in [-0.15, -0.1) is 0 Å². The molecule has 0 saturated heterocycles. The first-order chi connectivity index (χ1) is 7.29. The smallest absolute Gasteiger partial charge is 0.0803 e. The van der Waals surface area contributed by atoms with Crippen molar-refractivity contribution in [3.63, 3.8) is 0 Å². The quantitative estimate of drug-likeness (QED) is 0.690. The largest absolute Gasteiger partial charge is 0.193 e. The zero-order chi connectivity index (χ0) is 10.7. The Morgan fingerprint density at radius 3 is 3.00 bits per heavy atom. The van der Waals surface area contributed by atoms with Crippen molar-refractivity contribution in [2.45, 2.75) is 39.0 Å². The van der Waals surface area contributed by atoms with E-state index in [1.165, 1.54) is 35.4 Å². The molecular weight excluding hydrogens is 202 g/mol. The molecule has 0 amide bonds. The Labute approximate surface area is 95.7 Å². The molecular formula is C13H17NS. The summed E-state index contributed by atoms with van der Waals surface area (Å²) in [4.78, 5) is 1.47. The lowest BCUT2D eigenvalue weighted by Gasteiger charge is -2.05. The van der Waals surface area contributed by atoms with Gasteiger partial charge in [0.1, 0.15) is 0 Å². The fraction of sp³-hybridized carbons (Fsp3) is 0.462. The van der Waals surface area contributed by atoms with Crippen LogP contribution in [0.3, 0.4) is 0 Å². The van der Waals surface area contributed by atoms with Crippen LogP contribution in [0.25, 0.3) is 6.08 Å². The molecule has 0 atom stereocenters. The van der Waals surface area contributed by atoms with Gasteiger partial charge in [-0.25, -0.2) is 0 Å². The third-order valence-corrected chi connectivity index (χ3v) is 3.87. The lowest BCUT2D eigenvalue weighted by molar-refractivity contribution is 0.808. The monoisotopic (exact) mass is 219 g/mol. The minimum Gasteiger partial charge on any atom is -0.193 e. The topological polar surface area (TPSA) is 12.9 Å². The molecule has 0 spiro atoms. The molecule has 0 aliphatic heterocycles. The third-order valence-electron chi connectivity index (χ3n) is 2.67. The first kappa shape index (κ1) is 10.6. The van der Waals surface area contributed by atoms with Crippen molar-refractivity contribution in [1.82, 2.24) is 4.37 Å². The molecule has 0 bridgehead atoms. The van der Waals surface area contributed by atoms with Crippen LogP contribution in [0.2, 0.25) is 0 Å². The molecule has 1 aliphatic rings. The minimum atomic E-state index is 0.605. The van der Waals surface area contributed by atoms with Gasteiger partial charge in [-0.3, -0.25) is 0 Å². The highest BCUT2D eigenvalue weighted by molar-refractivity contribution is 7.06. The van der Waals surface area contributed by atoms with E-state index in [4.69, 9.17) is 0 Å². The maximum atomic E-state index is 4.54. The van der Waals surface area contributed by atoms with Gasteiger partial charge in [-0.2, -0.15) is 4.37 Å². The van der Waals surface area contributed by atoms with E-state index in [1.807, 2.05) is 0 Å². The van der Waals surface area contributed by atoms with E-state index in [0.29, 0.717) is 5.92 Å². The predicted molar refractivity (Wildman–Crippen MR) is 67.3 cm³/mol. The summed E-state index contributed by atoms with van der Waals surface area (Å²) in [6, 6.07) is 0. The standard InChI is InChI=1S/C13H17NS/c1-10(2)13-11-8-6-4-3-5-7-9-12(11)14-15-13/h3,5,7,9-10H,4,6,8H2,1-2H3/b5-3-,9-7?. The van der Waals surface area contributed by atoms with E-state index in [-0.39, 0.29) is 0 Å². The second kappa shape index (κ2) is 4.75. The molecule has 2 rings (SSSR count). The van der Waals surface area contributed by atoms with Crippen molar-refractivity contribution >= 4 is 17.6 Å².